The average molecular weight is 258 g/mol. The second-order valence-electron chi connectivity index (χ2n) is 4.56. The van der Waals surface area contributed by atoms with Crippen LogP contribution in [0.25, 0.3) is 0 Å². The first kappa shape index (κ1) is 14.3. The molecule has 2 atom stereocenters. The second-order valence-corrected chi connectivity index (χ2v) is 6.12. The van der Waals surface area contributed by atoms with Crippen molar-refractivity contribution in [1.82, 2.24) is 20.1 Å². The Bertz CT molecular complexity index is 364. The van der Waals surface area contributed by atoms with Crippen molar-refractivity contribution in [3.05, 3.63) is 12.2 Å². The Morgan fingerprint density at radius 3 is 2.76 bits per heavy atom. The molecule has 0 saturated carbocycles. The first-order chi connectivity index (χ1) is 8.00. The number of hydrogen-bond donors (Lipinski definition) is 1. The molecule has 0 radical (unpaired) electrons. The summed E-state index contributed by atoms with van der Waals surface area (Å²) in [6.07, 6.45) is 4.24. The molecule has 1 N–H and O–H groups in total. The number of aromatic nitrogens is 3. The van der Waals surface area contributed by atoms with Crippen LogP contribution in [0.1, 0.15) is 39.1 Å². The van der Waals surface area contributed by atoms with E-state index in [2.05, 4.69) is 36.2 Å². The van der Waals surface area contributed by atoms with Crippen molar-refractivity contribution in [2.45, 2.75) is 45.8 Å². The summed E-state index contributed by atoms with van der Waals surface area (Å²) in [6, 6.07) is 0.670. The molecule has 17 heavy (non-hydrogen) atoms. The van der Waals surface area contributed by atoms with Gasteiger partial charge in [0, 0.05) is 34.9 Å². The van der Waals surface area contributed by atoms with Crippen LogP contribution in [-0.2, 0) is 17.3 Å². The summed E-state index contributed by atoms with van der Waals surface area (Å²) in [5, 5.41) is 7.56. The molecular formula is C11H22N4OS. The normalized spacial score (nSPS) is 15.1. The molecule has 0 spiro atoms. The summed E-state index contributed by atoms with van der Waals surface area (Å²) in [5.74, 6) is 1.69. The van der Waals surface area contributed by atoms with Gasteiger partial charge in [0.1, 0.15) is 12.2 Å². The molecule has 0 saturated heterocycles. The zero-order valence-corrected chi connectivity index (χ0v) is 11.8. The summed E-state index contributed by atoms with van der Waals surface area (Å²) in [6.45, 7) is 6.97. The third-order valence-corrected chi connectivity index (χ3v) is 3.39. The zero-order chi connectivity index (χ0) is 12.8. The molecule has 2 unspecified atom stereocenters. The Balaban J connectivity index is 2.39. The van der Waals surface area contributed by atoms with Gasteiger partial charge >= 0.3 is 0 Å². The SMILES string of the molecule is CC(CCS(C)=O)NCc1ncnn1C(C)C. The third-order valence-electron chi connectivity index (χ3n) is 2.58. The van der Waals surface area contributed by atoms with Crippen molar-refractivity contribution in [2.75, 3.05) is 12.0 Å². The third kappa shape index (κ3) is 4.95. The Kier molecular flexibility index (Phi) is 5.77. The van der Waals surface area contributed by atoms with E-state index in [1.54, 1.807) is 12.6 Å². The van der Waals surface area contributed by atoms with Crippen LogP contribution in [-0.4, -0.2) is 37.0 Å². The number of nitrogens with one attached hydrogen (secondary N) is 1. The van der Waals surface area contributed by atoms with Crippen molar-refractivity contribution < 1.29 is 4.21 Å². The second kappa shape index (κ2) is 6.86. The summed E-state index contributed by atoms with van der Waals surface area (Å²) in [5.41, 5.74) is 0. The fraction of sp³-hybridized carbons (Fsp3) is 0.818. The van der Waals surface area contributed by atoms with Gasteiger partial charge in [0.25, 0.3) is 0 Å². The number of hydrogen-bond acceptors (Lipinski definition) is 4. The van der Waals surface area contributed by atoms with Crippen LogP contribution >= 0.6 is 0 Å². The maximum atomic E-state index is 11.0. The highest BCUT2D eigenvalue weighted by Crippen LogP contribution is 2.05. The maximum Gasteiger partial charge on any atom is 0.141 e. The summed E-state index contributed by atoms with van der Waals surface area (Å²) in [7, 11) is -0.711. The molecule has 0 aromatic carbocycles. The Morgan fingerprint density at radius 1 is 1.47 bits per heavy atom. The topological polar surface area (TPSA) is 59.8 Å². The molecule has 1 rings (SSSR count). The van der Waals surface area contributed by atoms with E-state index in [-0.39, 0.29) is 0 Å². The lowest BCUT2D eigenvalue weighted by Gasteiger charge is -2.14. The van der Waals surface area contributed by atoms with Gasteiger partial charge in [-0.2, -0.15) is 5.10 Å². The van der Waals surface area contributed by atoms with Crippen LogP contribution in [0.3, 0.4) is 0 Å². The monoisotopic (exact) mass is 258 g/mol. The van der Waals surface area contributed by atoms with Crippen molar-refractivity contribution >= 4 is 10.8 Å². The quantitative estimate of drug-likeness (QED) is 0.796. The van der Waals surface area contributed by atoms with E-state index in [0.29, 0.717) is 18.6 Å². The van der Waals surface area contributed by atoms with Crippen LogP contribution in [0.2, 0.25) is 0 Å². The van der Waals surface area contributed by atoms with Crippen LogP contribution in [0, 0.1) is 0 Å². The van der Waals surface area contributed by atoms with Crippen LogP contribution in [0.4, 0.5) is 0 Å². The van der Waals surface area contributed by atoms with E-state index in [4.69, 9.17) is 0 Å². The minimum absolute atomic E-state index is 0.327. The van der Waals surface area contributed by atoms with Gasteiger partial charge in [-0.25, -0.2) is 9.67 Å². The van der Waals surface area contributed by atoms with E-state index >= 15 is 0 Å². The fourth-order valence-electron chi connectivity index (χ4n) is 1.54. The summed E-state index contributed by atoms with van der Waals surface area (Å²) >= 11 is 0. The minimum atomic E-state index is -0.711. The van der Waals surface area contributed by atoms with E-state index < -0.39 is 10.8 Å². The molecule has 0 bridgehead atoms. The first-order valence-corrected chi connectivity index (χ1v) is 7.65. The lowest BCUT2D eigenvalue weighted by atomic mass is 10.2. The predicted octanol–water partition coefficient (Wildman–Crippen LogP) is 1.11. The van der Waals surface area contributed by atoms with Gasteiger partial charge in [0.15, 0.2) is 0 Å². The predicted molar refractivity (Wildman–Crippen MR) is 70.3 cm³/mol. The highest BCUT2D eigenvalue weighted by atomic mass is 32.2. The smallest absolute Gasteiger partial charge is 0.141 e. The van der Waals surface area contributed by atoms with Crippen LogP contribution in [0.5, 0.6) is 0 Å². The molecule has 0 aliphatic carbocycles. The van der Waals surface area contributed by atoms with Crippen molar-refractivity contribution in [3.63, 3.8) is 0 Å². The molecule has 0 fully saturated rings. The number of rotatable bonds is 7. The Hall–Kier alpha value is -0.750. The van der Waals surface area contributed by atoms with Gasteiger partial charge in [-0.05, 0) is 27.2 Å². The molecule has 0 aliphatic heterocycles. The zero-order valence-electron chi connectivity index (χ0n) is 11.0. The van der Waals surface area contributed by atoms with E-state index in [1.807, 2.05) is 4.68 Å². The lowest BCUT2D eigenvalue weighted by Crippen LogP contribution is -2.28. The Morgan fingerprint density at radius 2 is 2.18 bits per heavy atom. The summed E-state index contributed by atoms with van der Waals surface area (Å²) < 4.78 is 12.9. The van der Waals surface area contributed by atoms with Gasteiger partial charge in [-0.1, -0.05) is 0 Å². The molecule has 0 aliphatic rings. The van der Waals surface area contributed by atoms with Gasteiger partial charge in [0.2, 0.25) is 0 Å². The summed E-state index contributed by atoms with van der Waals surface area (Å²) in [4.78, 5) is 4.23. The van der Waals surface area contributed by atoms with E-state index in [0.717, 1.165) is 18.0 Å². The molecule has 1 aromatic rings. The van der Waals surface area contributed by atoms with Crippen LogP contribution in [0.15, 0.2) is 6.33 Å². The molecule has 1 aromatic heterocycles. The highest BCUT2D eigenvalue weighted by molar-refractivity contribution is 7.84. The molecule has 1 heterocycles. The van der Waals surface area contributed by atoms with E-state index in [1.165, 1.54) is 0 Å². The maximum absolute atomic E-state index is 11.0. The molecule has 0 amide bonds. The van der Waals surface area contributed by atoms with Crippen LogP contribution < -0.4 is 5.32 Å². The first-order valence-electron chi connectivity index (χ1n) is 5.92. The van der Waals surface area contributed by atoms with Gasteiger partial charge < -0.3 is 5.32 Å². The fourth-order valence-corrected chi connectivity index (χ4v) is 2.23. The van der Waals surface area contributed by atoms with Crippen molar-refractivity contribution in [1.29, 1.82) is 0 Å². The van der Waals surface area contributed by atoms with E-state index in [9.17, 15) is 4.21 Å². The van der Waals surface area contributed by atoms with Gasteiger partial charge in [0.05, 0.1) is 6.54 Å². The van der Waals surface area contributed by atoms with Gasteiger partial charge in [-0.3, -0.25) is 4.21 Å². The minimum Gasteiger partial charge on any atom is -0.307 e. The lowest BCUT2D eigenvalue weighted by molar-refractivity contribution is 0.465. The highest BCUT2D eigenvalue weighted by Gasteiger charge is 2.09. The Labute approximate surface area is 105 Å². The van der Waals surface area contributed by atoms with Gasteiger partial charge in [-0.15, -0.1) is 0 Å². The van der Waals surface area contributed by atoms with Crippen molar-refractivity contribution in [3.8, 4) is 0 Å². The molecule has 5 nitrogen and oxygen atoms in total. The molecule has 98 valence electrons. The standard InChI is InChI=1S/C11H22N4OS/c1-9(2)15-11(13-8-14-15)7-12-10(3)5-6-17(4)16/h8-10,12H,5-7H2,1-4H3. The van der Waals surface area contributed by atoms with Crippen molar-refractivity contribution in [2.24, 2.45) is 0 Å². The molecular weight excluding hydrogens is 236 g/mol. The number of nitrogens with zero attached hydrogens (tertiary/aromatic N) is 3. The average Bonchev–Trinajstić information content (AvgIpc) is 2.71. The molecule has 6 heteroatoms. The largest absolute Gasteiger partial charge is 0.307 e.